The van der Waals surface area contributed by atoms with E-state index >= 15 is 0 Å². The van der Waals surface area contributed by atoms with E-state index in [-0.39, 0.29) is 17.0 Å². The first-order valence-electron chi connectivity index (χ1n) is 11.5. The summed E-state index contributed by atoms with van der Waals surface area (Å²) in [5.41, 5.74) is 2.09. The van der Waals surface area contributed by atoms with Crippen LogP contribution in [0.1, 0.15) is 70.2 Å². The van der Waals surface area contributed by atoms with Crippen molar-refractivity contribution >= 4 is 27.4 Å². The van der Waals surface area contributed by atoms with E-state index in [9.17, 15) is 17.6 Å². The van der Waals surface area contributed by atoms with Gasteiger partial charge in [0.1, 0.15) is 11.6 Å². The second kappa shape index (κ2) is 11.2. The van der Waals surface area contributed by atoms with Crippen LogP contribution in [0, 0.1) is 5.82 Å². The van der Waals surface area contributed by atoms with E-state index in [1.165, 1.54) is 12.1 Å². The molecule has 7 nitrogen and oxygen atoms in total. The largest absolute Gasteiger partial charge is 0.359 e. The maximum atomic E-state index is 14.4. The highest BCUT2D eigenvalue weighted by atomic mass is 32.2. The fourth-order valence-corrected chi connectivity index (χ4v) is 4.00. The lowest BCUT2D eigenvalue weighted by Crippen LogP contribution is -2.30. The van der Waals surface area contributed by atoms with Crippen molar-refractivity contribution in [3.8, 4) is 0 Å². The van der Waals surface area contributed by atoms with Gasteiger partial charge in [0.2, 0.25) is 15.9 Å². The molecule has 188 valence electrons. The molecule has 34 heavy (non-hydrogen) atoms. The van der Waals surface area contributed by atoms with Crippen molar-refractivity contribution in [2.75, 3.05) is 29.5 Å². The van der Waals surface area contributed by atoms with Gasteiger partial charge in [0.15, 0.2) is 0 Å². The maximum Gasteiger partial charge on any atom is 0.229 e. The molecule has 0 spiro atoms. The first kappa shape index (κ1) is 27.6. The van der Waals surface area contributed by atoms with E-state index < -0.39 is 21.8 Å². The molecule has 1 heterocycles. The lowest BCUT2D eigenvalue weighted by Gasteiger charge is -2.25. The minimum absolute atomic E-state index is 0.0984. The molecule has 0 aliphatic heterocycles. The monoisotopic (exact) mass is 492 g/mol. The molecule has 1 atom stereocenters. The third kappa shape index (κ3) is 7.68. The molecule has 0 fully saturated rings. The van der Waals surface area contributed by atoms with Crippen molar-refractivity contribution in [1.82, 2.24) is 10.3 Å². The molecule has 2 aromatic rings. The molecule has 1 aromatic carbocycles. The van der Waals surface area contributed by atoms with Gasteiger partial charge in [-0.05, 0) is 37.1 Å². The van der Waals surface area contributed by atoms with Crippen LogP contribution >= 0.6 is 0 Å². The Hall–Kier alpha value is -2.68. The Morgan fingerprint density at radius 1 is 1.21 bits per heavy atom. The third-order valence-electron chi connectivity index (χ3n) is 5.57. The van der Waals surface area contributed by atoms with Gasteiger partial charge in [0, 0.05) is 36.8 Å². The number of pyridine rings is 1. The number of halogens is 1. The zero-order valence-corrected chi connectivity index (χ0v) is 22.0. The number of carbonyl (C=O) groups is 1. The van der Waals surface area contributed by atoms with Gasteiger partial charge < -0.3 is 10.2 Å². The number of nitrogens with one attached hydrogen (secondary N) is 2. The van der Waals surface area contributed by atoms with Crippen molar-refractivity contribution in [2.45, 2.75) is 65.3 Å². The Kier molecular flexibility index (Phi) is 9.05. The van der Waals surface area contributed by atoms with Gasteiger partial charge in [-0.15, -0.1) is 0 Å². The van der Waals surface area contributed by atoms with E-state index in [2.05, 4.69) is 42.6 Å². The molecule has 0 aliphatic carbocycles. The Labute approximate surface area is 203 Å². The standard InChI is InChI=1S/C25H37FN4O3S/c1-8-9-14-30(6)23-19(11-13-22(28-23)25(3,4)5)16-27-24(31)17(2)18-10-12-21(20(26)15-18)29-34(7,32)33/h10-13,15,17,29H,8-9,14,16H2,1-7H3,(H,27,31). The number of carbonyl (C=O) groups excluding carboxylic acids is 1. The predicted molar refractivity (Wildman–Crippen MR) is 136 cm³/mol. The van der Waals surface area contributed by atoms with Crippen LogP contribution in [0.3, 0.4) is 0 Å². The van der Waals surface area contributed by atoms with Crippen LogP contribution in [0.25, 0.3) is 0 Å². The fraction of sp³-hybridized carbons (Fsp3) is 0.520. The minimum atomic E-state index is -3.60. The van der Waals surface area contributed by atoms with Crippen molar-refractivity contribution < 1.29 is 17.6 Å². The molecule has 0 saturated carbocycles. The van der Waals surface area contributed by atoms with Crippen molar-refractivity contribution in [1.29, 1.82) is 0 Å². The highest BCUT2D eigenvalue weighted by Gasteiger charge is 2.21. The molecule has 9 heteroatoms. The van der Waals surface area contributed by atoms with Crippen LogP contribution in [-0.4, -0.2) is 39.2 Å². The summed E-state index contributed by atoms with van der Waals surface area (Å²) in [4.78, 5) is 19.9. The summed E-state index contributed by atoms with van der Waals surface area (Å²) < 4.78 is 39.2. The molecular weight excluding hydrogens is 455 g/mol. The Morgan fingerprint density at radius 2 is 1.88 bits per heavy atom. The molecule has 0 bridgehead atoms. The Balaban J connectivity index is 2.19. The van der Waals surface area contributed by atoms with Gasteiger partial charge in [-0.25, -0.2) is 17.8 Å². The highest BCUT2D eigenvalue weighted by Crippen LogP contribution is 2.26. The lowest BCUT2D eigenvalue weighted by molar-refractivity contribution is -0.122. The highest BCUT2D eigenvalue weighted by molar-refractivity contribution is 7.92. The fourth-order valence-electron chi connectivity index (χ4n) is 3.43. The average Bonchev–Trinajstić information content (AvgIpc) is 2.75. The second-order valence-corrected chi connectivity index (χ2v) is 11.5. The molecule has 2 rings (SSSR count). The van der Waals surface area contributed by atoms with Crippen molar-refractivity contribution in [2.24, 2.45) is 0 Å². The maximum absolute atomic E-state index is 14.4. The lowest BCUT2D eigenvalue weighted by atomic mass is 9.91. The van der Waals surface area contributed by atoms with E-state index in [0.29, 0.717) is 12.1 Å². The summed E-state index contributed by atoms with van der Waals surface area (Å²) in [6.07, 6.45) is 3.06. The molecule has 0 aliphatic rings. The van der Waals surface area contributed by atoms with Crippen LogP contribution in [0.4, 0.5) is 15.9 Å². The van der Waals surface area contributed by atoms with Crippen LogP contribution in [0.15, 0.2) is 30.3 Å². The van der Waals surface area contributed by atoms with Gasteiger partial charge in [0.25, 0.3) is 0 Å². The molecule has 1 amide bonds. The number of anilines is 2. The number of hydrogen-bond donors (Lipinski definition) is 2. The number of benzene rings is 1. The summed E-state index contributed by atoms with van der Waals surface area (Å²) in [6.45, 7) is 11.3. The predicted octanol–water partition coefficient (Wildman–Crippen LogP) is 4.55. The van der Waals surface area contributed by atoms with Crippen LogP contribution in [0.2, 0.25) is 0 Å². The number of hydrogen-bond acceptors (Lipinski definition) is 5. The molecular formula is C25H37FN4O3S. The van der Waals surface area contributed by atoms with Gasteiger partial charge in [-0.3, -0.25) is 9.52 Å². The first-order chi connectivity index (χ1) is 15.7. The summed E-state index contributed by atoms with van der Waals surface area (Å²) >= 11 is 0. The van der Waals surface area contributed by atoms with Gasteiger partial charge in [-0.1, -0.05) is 46.2 Å². The summed E-state index contributed by atoms with van der Waals surface area (Å²) in [5, 5.41) is 2.94. The number of unbranched alkanes of at least 4 members (excludes halogenated alkanes) is 1. The molecule has 0 radical (unpaired) electrons. The van der Waals surface area contributed by atoms with Crippen molar-refractivity contribution in [3.63, 3.8) is 0 Å². The second-order valence-electron chi connectivity index (χ2n) is 9.76. The van der Waals surface area contributed by atoms with Crippen LogP contribution in [0.5, 0.6) is 0 Å². The number of aromatic nitrogens is 1. The summed E-state index contributed by atoms with van der Waals surface area (Å²) in [5.74, 6) is -0.768. The summed E-state index contributed by atoms with van der Waals surface area (Å²) in [7, 11) is -1.59. The third-order valence-corrected chi connectivity index (χ3v) is 6.16. The van der Waals surface area contributed by atoms with Crippen molar-refractivity contribution in [3.05, 3.63) is 53.0 Å². The SMILES string of the molecule is CCCCN(C)c1nc(C(C)(C)C)ccc1CNC(=O)C(C)c1ccc(NS(C)(=O)=O)c(F)c1. The number of rotatable bonds is 10. The quantitative estimate of drug-likeness (QED) is 0.508. The van der Waals surface area contributed by atoms with E-state index in [0.717, 1.165) is 42.7 Å². The normalized spacial score (nSPS) is 12.8. The number of amides is 1. The molecule has 1 aromatic heterocycles. The summed E-state index contributed by atoms with van der Waals surface area (Å²) in [6, 6.07) is 8.05. The van der Waals surface area contributed by atoms with Gasteiger partial charge >= 0.3 is 0 Å². The minimum Gasteiger partial charge on any atom is -0.359 e. The van der Waals surface area contributed by atoms with Crippen LogP contribution < -0.4 is 14.9 Å². The van der Waals surface area contributed by atoms with E-state index in [4.69, 9.17) is 4.98 Å². The number of nitrogens with zero attached hydrogens (tertiary/aromatic N) is 2. The number of sulfonamides is 1. The Morgan fingerprint density at radius 3 is 2.44 bits per heavy atom. The molecule has 0 saturated heterocycles. The van der Waals surface area contributed by atoms with E-state index in [1.807, 2.05) is 19.2 Å². The molecule has 1 unspecified atom stereocenters. The zero-order chi connectivity index (χ0) is 25.7. The van der Waals surface area contributed by atoms with Gasteiger partial charge in [-0.2, -0.15) is 0 Å². The smallest absolute Gasteiger partial charge is 0.229 e. The molecule has 2 N–H and O–H groups in total. The topological polar surface area (TPSA) is 91.4 Å². The average molecular weight is 493 g/mol. The van der Waals surface area contributed by atoms with Crippen LogP contribution in [-0.2, 0) is 26.8 Å². The zero-order valence-electron chi connectivity index (χ0n) is 21.2. The Bertz CT molecular complexity index is 1110. The first-order valence-corrected chi connectivity index (χ1v) is 13.4. The van der Waals surface area contributed by atoms with E-state index in [1.54, 1.807) is 13.0 Å². The van der Waals surface area contributed by atoms with Gasteiger partial charge in [0.05, 0.1) is 17.9 Å².